The van der Waals surface area contributed by atoms with Gasteiger partial charge in [0.05, 0.1) is 20.8 Å². The average Bonchev–Trinajstić information content (AvgIpc) is 2.31. The van der Waals surface area contributed by atoms with E-state index < -0.39 is 0 Å². The van der Waals surface area contributed by atoms with Crippen molar-refractivity contribution in [1.82, 2.24) is 0 Å². The fourth-order valence-electron chi connectivity index (χ4n) is 1.17. The Kier molecular flexibility index (Phi) is 10.0. The highest BCUT2D eigenvalue weighted by Gasteiger charge is 2.08. The molecule has 0 aliphatic rings. The van der Waals surface area contributed by atoms with Crippen LogP contribution >= 0.6 is 0 Å². The van der Waals surface area contributed by atoms with E-state index in [9.17, 15) is 0 Å². The zero-order valence-corrected chi connectivity index (χ0v) is 10.9. The first-order chi connectivity index (χ1) is 7.79. The third kappa shape index (κ3) is 6.56. The van der Waals surface area contributed by atoms with Gasteiger partial charge in [0.1, 0.15) is 0 Å². The van der Waals surface area contributed by atoms with Crippen LogP contribution in [0.4, 0.5) is 0 Å². The van der Waals surface area contributed by atoms with E-state index in [1.54, 1.807) is 14.2 Å². The molecule has 0 aromatic carbocycles. The number of rotatable bonds is 10. The molecular formula is C12H24O4. The highest BCUT2D eigenvalue weighted by Crippen LogP contribution is 2.13. The minimum absolute atomic E-state index is 0.208. The van der Waals surface area contributed by atoms with Gasteiger partial charge in [0, 0.05) is 6.42 Å². The Bertz CT molecular complexity index is 189. The second-order valence-corrected chi connectivity index (χ2v) is 3.39. The summed E-state index contributed by atoms with van der Waals surface area (Å²) in [5, 5.41) is 0. The van der Waals surface area contributed by atoms with Gasteiger partial charge in [-0.3, -0.25) is 0 Å². The highest BCUT2D eigenvalue weighted by molar-refractivity contribution is 4.94. The molecule has 0 unspecified atom stereocenters. The first-order valence-electron chi connectivity index (χ1n) is 5.81. The van der Waals surface area contributed by atoms with Crippen LogP contribution in [0, 0.1) is 0 Å². The molecule has 0 spiro atoms. The summed E-state index contributed by atoms with van der Waals surface area (Å²) in [6, 6.07) is 0. The summed E-state index contributed by atoms with van der Waals surface area (Å²) < 4.78 is 21.0. The zero-order valence-electron chi connectivity index (χ0n) is 10.9. The van der Waals surface area contributed by atoms with Gasteiger partial charge in [0.25, 0.3) is 0 Å². The second kappa shape index (κ2) is 10.6. The largest absolute Gasteiger partial charge is 0.494 e. The number of hydrogen-bond acceptors (Lipinski definition) is 4. The minimum Gasteiger partial charge on any atom is -0.494 e. The molecule has 0 aromatic heterocycles. The molecule has 0 saturated carbocycles. The van der Waals surface area contributed by atoms with Crippen molar-refractivity contribution in [3.63, 3.8) is 0 Å². The van der Waals surface area contributed by atoms with Gasteiger partial charge < -0.3 is 18.9 Å². The summed E-state index contributed by atoms with van der Waals surface area (Å²) in [7, 11) is 3.18. The Hall–Kier alpha value is -0.900. The molecule has 0 heterocycles. The van der Waals surface area contributed by atoms with Gasteiger partial charge in [0.2, 0.25) is 0 Å². The molecule has 0 N–H and O–H groups in total. The monoisotopic (exact) mass is 232 g/mol. The smallest absolute Gasteiger partial charge is 0.320 e. The van der Waals surface area contributed by atoms with Crippen molar-refractivity contribution in [2.45, 2.75) is 39.5 Å². The van der Waals surface area contributed by atoms with Crippen molar-refractivity contribution >= 4 is 0 Å². The Labute approximate surface area is 98.5 Å². The molecule has 0 fully saturated rings. The van der Waals surface area contributed by atoms with Crippen molar-refractivity contribution < 1.29 is 18.9 Å². The van der Waals surface area contributed by atoms with E-state index in [0.29, 0.717) is 12.6 Å². The minimum atomic E-state index is 0.208. The molecule has 0 saturated heterocycles. The number of unbranched alkanes of at least 4 members (excludes halogenated alkanes) is 1. The van der Waals surface area contributed by atoms with Gasteiger partial charge in [-0.25, -0.2) is 0 Å². The summed E-state index contributed by atoms with van der Waals surface area (Å²) in [5.74, 6) is 1.14. The molecule has 0 radical (unpaired) electrons. The summed E-state index contributed by atoms with van der Waals surface area (Å²) in [5.41, 5.74) is 0. The van der Waals surface area contributed by atoms with E-state index in [-0.39, 0.29) is 6.79 Å². The normalized spacial score (nSPS) is 12.0. The number of methoxy groups -OCH3 is 2. The first kappa shape index (κ1) is 15.1. The molecule has 0 aromatic rings. The van der Waals surface area contributed by atoms with Crippen molar-refractivity contribution in [3.05, 3.63) is 11.7 Å². The summed E-state index contributed by atoms with van der Waals surface area (Å²) in [6.07, 6.45) is 3.94. The summed E-state index contributed by atoms with van der Waals surface area (Å²) in [6.45, 7) is 5.11. The Balaban J connectivity index is 3.96. The van der Waals surface area contributed by atoms with Crippen molar-refractivity contribution in [1.29, 1.82) is 0 Å². The van der Waals surface area contributed by atoms with Gasteiger partial charge in [-0.05, 0) is 12.8 Å². The fourth-order valence-corrected chi connectivity index (χ4v) is 1.17. The summed E-state index contributed by atoms with van der Waals surface area (Å²) in [4.78, 5) is 0. The molecule has 0 aliphatic heterocycles. The van der Waals surface area contributed by atoms with Crippen LogP contribution in [-0.2, 0) is 18.9 Å². The number of allylic oxidation sites excluding steroid dienone is 1. The van der Waals surface area contributed by atoms with Crippen LogP contribution in [0.25, 0.3) is 0 Å². The van der Waals surface area contributed by atoms with Crippen LogP contribution in [0.1, 0.15) is 39.5 Å². The maximum absolute atomic E-state index is 5.35. The van der Waals surface area contributed by atoms with E-state index in [0.717, 1.165) is 31.4 Å². The third-order valence-electron chi connectivity index (χ3n) is 2.05. The van der Waals surface area contributed by atoms with Crippen molar-refractivity contribution in [3.8, 4) is 0 Å². The van der Waals surface area contributed by atoms with Crippen LogP contribution in [0.15, 0.2) is 11.7 Å². The number of hydrogen-bond donors (Lipinski definition) is 0. The molecule has 0 aliphatic carbocycles. The molecule has 0 bridgehead atoms. The fraction of sp³-hybridized carbons (Fsp3) is 0.833. The van der Waals surface area contributed by atoms with E-state index >= 15 is 0 Å². The first-order valence-corrected chi connectivity index (χ1v) is 5.81. The van der Waals surface area contributed by atoms with Gasteiger partial charge in [-0.15, -0.1) is 0 Å². The lowest BCUT2D eigenvalue weighted by atomic mass is 10.3. The molecular weight excluding hydrogens is 208 g/mol. The van der Waals surface area contributed by atoms with E-state index in [1.807, 2.05) is 0 Å². The topological polar surface area (TPSA) is 36.9 Å². The Morgan fingerprint density at radius 2 is 1.75 bits per heavy atom. The maximum atomic E-state index is 5.35. The van der Waals surface area contributed by atoms with Crippen LogP contribution in [-0.4, -0.2) is 27.6 Å². The SMILES string of the molecule is CCCCOCO/C(OC)=C(/CCC)OC. The predicted molar refractivity (Wildman–Crippen MR) is 62.8 cm³/mol. The lowest BCUT2D eigenvalue weighted by Crippen LogP contribution is -2.06. The maximum Gasteiger partial charge on any atom is 0.320 e. The molecule has 0 atom stereocenters. The van der Waals surface area contributed by atoms with Crippen LogP contribution in [0.2, 0.25) is 0 Å². The zero-order chi connectivity index (χ0) is 12.2. The van der Waals surface area contributed by atoms with Crippen LogP contribution < -0.4 is 0 Å². The molecule has 16 heavy (non-hydrogen) atoms. The Morgan fingerprint density at radius 3 is 2.25 bits per heavy atom. The number of ether oxygens (including phenoxy) is 4. The molecule has 4 nitrogen and oxygen atoms in total. The van der Waals surface area contributed by atoms with Crippen molar-refractivity contribution in [2.24, 2.45) is 0 Å². The van der Waals surface area contributed by atoms with Gasteiger partial charge in [-0.1, -0.05) is 20.3 Å². The average molecular weight is 232 g/mol. The van der Waals surface area contributed by atoms with Crippen LogP contribution in [0.3, 0.4) is 0 Å². The highest BCUT2D eigenvalue weighted by atomic mass is 16.7. The molecule has 0 amide bonds. The lowest BCUT2D eigenvalue weighted by Gasteiger charge is -2.13. The molecule has 4 heteroatoms. The van der Waals surface area contributed by atoms with E-state index in [2.05, 4.69) is 13.8 Å². The van der Waals surface area contributed by atoms with Gasteiger partial charge in [0.15, 0.2) is 12.6 Å². The van der Waals surface area contributed by atoms with Crippen LogP contribution in [0.5, 0.6) is 0 Å². The summed E-state index contributed by atoms with van der Waals surface area (Å²) >= 11 is 0. The lowest BCUT2D eigenvalue weighted by molar-refractivity contribution is -0.0744. The van der Waals surface area contributed by atoms with Gasteiger partial charge in [-0.2, -0.15) is 0 Å². The molecule has 96 valence electrons. The third-order valence-corrected chi connectivity index (χ3v) is 2.05. The Morgan fingerprint density at radius 1 is 1.00 bits per heavy atom. The van der Waals surface area contributed by atoms with Gasteiger partial charge >= 0.3 is 5.95 Å². The standard InChI is InChI=1S/C12H24O4/c1-5-7-9-15-10-16-12(14-4)11(13-3)8-6-2/h5-10H2,1-4H3/b12-11-. The van der Waals surface area contributed by atoms with E-state index in [1.165, 1.54) is 0 Å². The van der Waals surface area contributed by atoms with E-state index in [4.69, 9.17) is 18.9 Å². The molecule has 0 rings (SSSR count). The predicted octanol–water partition coefficient (Wildman–Crippen LogP) is 3.04. The second-order valence-electron chi connectivity index (χ2n) is 3.39. The quantitative estimate of drug-likeness (QED) is 0.329. The van der Waals surface area contributed by atoms with Crippen molar-refractivity contribution in [2.75, 3.05) is 27.6 Å².